The first kappa shape index (κ1) is 24.8. The average Bonchev–Trinajstić information content (AvgIpc) is 2.79. The molecule has 0 aromatic rings. The Hall–Kier alpha value is -0.830. The third-order valence-corrected chi connectivity index (χ3v) is 13.7. The van der Waals surface area contributed by atoms with Gasteiger partial charge >= 0.3 is 5.97 Å². The Morgan fingerprint density at radius 1 is 0.941 bits per heavy atom. The highest BCUT2D eigenvalue weighted by atomic mass is 16.5. The van der Waals surface area contributed by atoms with Gasteiger partial charge in [0.25, 0.3) is 0 Å². The number of aliphatic hydroxyl groups excluding tert-OH is 1. The number of carbonyl (C=O) groups excluding carboxylic acids is 1. The first-order chi connectivity index (χ1) is 15.8. The molecule has 5 aliphatic carbocycles. The van der Waals surface area contributed by atoms with Gasteiger partial charge in [-0.1, -0.05) is 53.2 Å². The van der Waals surface area contributed by atoms with E-state index >= 15 is 0 Å². The summed E-state index contributed by atoms with van der Waals surface area (Å²) in [4.78, 5) is 13.1. The highest BCUT2D eigenvalue weighted by molar-refractivity contribution is 5.78. The molecule has 0 saturated heterocycles. The van der Waals surface area contributed by atoms with Crippen molar-refractivity contribution in [3.8, 4) is 0 Å². The van der Waals surface area contributed by atoms with E-state index < -0.39 is 11.5 Å². The highest BCUT2D eigenvalue weighted by Crippen LogP contribution is 2.75. The number of esters is 1. The van der Waals surface area contributed by atoms with Crippen LogP contribution >= 0.6 is 0 Å². The molecule has 0 aromatic carbocycles. The fourth-order valence-electron chi connectivity index (χ4n) is 11.0. The lowest BCUT2D eigenvalue weighted by Gasteiger charge is -2.71. The molecular formula is C31H50O3. The zero-order chi connectivity index (χ0) is 24.9. The number of hydrogen-bond acceptors (Lipinski definition) is 3. The normalized spacial score (nSPS) is 56.8. The Kier molecular flexibility index (Phi) is 5.55. The summed E-state index contributed by atoms with van der Waals surface area (Å²) in [6, 6.07) is 0. The van der Waals surface area contributed by atoms with E-state index in [2.05, 4.69) is 47.6 Å². The van der Waals surface area contributed by atoms with Gasteiger partial charge in [-0.3, -0.25) is 4.79 Å². The first-order valence-electron chi connectivity index (χ1n) is 14.3. The molecule has 5 aliphatic rings. The van der Waals surface area contributed by atoms with Crippen LogP contribution in [0, 0.1) is 56.7 Å². The number of ether oxygens (including phenoxy) is 1. The smallest absolute Gasteiger partial charge is 0.314 e. The molecule has 0 unspecified atom stereocenters. The standard InChI is InChI=1S/C31H50O3/c1-19-11-14-27(3)17-18-29(5)21(25(27)20(19)2)9-10-22-28(4)15-13-24(32)31(7,26(33)34-8)23(28)12-16-30(22,29)6/h9,19-20,22-25,32H,10-18H2,1-8H3/t19-,20+,22-,23-,24-,25+,27-,28-,29-,30-,31-/m1/s1. The molecule has 34 heavy (non-hydrogen) atoms. The Balaban J connectivity index is 1.59. The molecule has 4 saturated carbocycles. The number of hydrogen-bond donors (Lipinski definition) is 1. The van der Waals surface area contributed by atoms with Crippen LogP contribution in [0.4, 0.5) is 0 Å². The summed E-state index contributed by atoms with van der Waals surface area (Å²) in [6.07, 6.45) is 12.5. The maximum Gasteiger partial charge on any atom is 0.314 e. The Labute approximate surface area is 208 Å². The van der Waals surface area contributed by atoms with E-state index in [0.717, 1.165) is 37.5 Å². The van der Waals surface area contributed by atoms with Crippen molar-refractivity contribution in [1.29, 1.82) is 0 Å². The highest BCUT2D eigenvalue weighted by Gasteiger charge is 2.69. The summed E-state index contributed by atoms with van der Waals surface area (Å²) >= 11 is 0. The van der Waals surface area contributed by atoms with E-state index in [0.29, 0.717) is 23.7 Å². The van der Waals surface area contributed by atoms with Gasteiger partial charge in [-0.05, 0) is 116 Å². The lowest BCUT2D eigenvalue weighted by atomic mass is 9.33. The fourth-order valence-corrected chi connectivity index (χ4v) is 11.0. The molecule has 192 valence electrons. The molecular weight excluding hydrogens is 420 g/mol. The van der Waals surface area contributed by atoms with Gasteiger partial charge in [0.15, 0.2) is 0 Å². The molecule has 0 bridgehead atoms. The van der Waals surface area contributed by atoms with Gasteiger partial charge in [0, 0.05) is 0 Å². The predicted molar refractivity (Wildman–Crippen MR) is 137 cm³/mol. The molecule has 3 heteroatoms. The van der Waals surface area contributed by atoms with Crippen LogP contribution in [0.25, 0.3) is 0 Å². The summed E-state index contributed by atoms with van der Waals surface area (Å²) in [5.74, 6) is 2.79. The minimum absolute atomic E-state index is 0.0480. The van der Waals surface area contributed by atoms with Crippen LogP contribution in [-0.2, 0) is 9.53 Å². The fraction of sp³-hybridized carbons (Fsp3) is 0.903. The first-order valence-corrected chi connectivity index (χ1v) is 14.3. The summed E-state index contributed by atoms with van der Waals surface area (Å²) in [5.41, 5.74) is 1.98. The van der Waals surface area contributed by atoms with Crippen molar-refractivity contribution >= 4 is 5.97 Å². The molecule has 1 N–H and O–H groups in total. The molecule has 0 aliphatic heterocycles. The van der Waals surface area contributed by atoms with E-state index in [9.17, 15) is 9.90 Å². The van der Waals surface area contributed by atoms with E-state index in [-0.39, 0.29) is 28.1 Å². The lowest BCUT2D eigenvalue weighted by molar-refractivity contribution is -0.218. The van der Waals surface area contributed by atoms with Crippen molar-refractivity contribution in [1.82, 2.24) is 0 Å². The summed E-state index contributed by atoms with van der Waals surface area (Å²) in [6.45, 7) is 17.3. The summed E-state index contributed by atoms with van der Waals surface area (Å²) < 4.78 is 5.31. The van der Waals surface area contributed by atoms with Crippen molar-refractivity contribution in [2.24, 2.45) is 56.7 Å². The SMILES string of the molecule is COC(=O)[C@@]1(C)[C@H](O)CC[C@@]2(C)[C@H]1CC[C@]1(C)[C@@H]2CC=C2[C@@H]3[C@@H](C)[C@H](C)CC[C@]3(C)CC[C@]21C. The number of allylic oxidation sites excluding steroid dienone is 2. The summed E-state index contributed by atoms with van der Waals surface area (Å²) in [5, 5.41) is 11.1. The van der Waals surface area contributed by atoms with Gasteiger partial charge in [-0.2, -0.15) is 0 Å². The van der Waals surface area contributed by atoms with Gasteiger partial charge in [-0.15, -0.1) is 0 Å². The second-order valence-electron chi connectivity index (χ2n) is 14.6. The Morgan fingerprint density at radius 3 is 2.32 bits per heavy atom. The van der Waals surface area contributed by atoms with Crippen LogP contribution in [0.5, 0.6) is 0 Å². The molecule has 3 nitrogen and oxygen atoms in total. The molecule has 0 heterocycles. The minimum Gasteiger partial charge on any atom is -0.469 e. The third-order valence-electron chi connectivity index (χ3n) is 13.7. The molecule has 4 fully saturated rings. The molecule has 0 amide bonds. The predicted octanol–water partition coefficient (Wildman–Crippen LogP) is 7.18. The van der Waals surface area contributed by atoms with E-state index in [1.165, 1.54) is 32.8 Å². The number of methoxy groups -OCH3 is 1. The van der Waals surface area contributed by atoms with Gasteiger partial charge < -0.3 is 9.84 Å². The van der Waals surface area contributed by atoms with E-state index in [1.54, 1.807) is 5.57 Å². The topological polar surface area (TPSA) is 46.5 Å². The minimum atomic E-state index is -0.799. The third kappa shape index (κ3) is 2.83. The van der Waals surface area contributed by atoms with Gasteiger partial charge in [0.2, 0.25) is 0 Å². The van der Waals surface area contributed by atoms with Crippen LogP contribution in [-0.4, -0.2) is 24.3 Å². The maximum absolute atomic E-state index is 13.1. The molecule has 0 aromatic heterocycles. The Morgan fingerprint density at radius 2 is 1.65 bits per heavy atom. The summed E-state index contributed by atoms with van der Waals surface area (Å²) in [7, 11) is 1.49. The quantitative estimate of drug-likeness (QED) is 0.326. The van der Waals surface area contributed by atoms with E-state index in [1.807, 2.05) is 6.92 Å². The molecule has 5 rings (SSSR count). The number of rotatable bonds is 1. The van der Waals surface area contributed by atoms with E-state index in [4.69, 9.17) is 4.74 Å². The monoisotopic (exact) mass is 470 g/mol. The Bertz CT molecular complexity index is 893. The van der Waals surface area contributed by atoms with Crippen LogP contribution < -0.4 is 0 Å². The molecule has 11 atom stereocenters. The molecule has 0 spiro atoms. The van der Waals surface area contributed by atoms with Gasteiger partial charge in [0.1, 0.15) is 0 Å². The number of aliphatic hydroxyl groups is 1. The second-order valence-corrected chi connectivity index (χ2v) is 14.6. The van der Waals surface area contributed by atoms with Crippen LogP contribution in [0.3, 0.4) is 0 Å². The van der Waals surface area contributed by atoms with Gasteiger partial charge in [-0.25, -0.2) is 0 Å². The van der Waals surface area contributed by atoms with Crippen molar-refractivity contribution in [2.45, 2.75) is 112 Å². The maximum atomic E-state index is 13.1. The van der Waals surface area contributed by atoms with Crippen LogP contribution in [0.1, 0.15) is 106 Å². The molecule has 0 radical (unpaired) electrons. The van der Waals surface area contributed by atoms with Crippen molar-refractivity contribution in [2.75, 3.05) is 7.11 Å². The van der Waals surface area contributed by atoms with Crippen molar-refractivity contribution in [3.63, 3.8) is 0 Å². The van der Waals surface area contributed by atoms with Crippen molar-refractivity contribution in [3.05, 3.63) is 11.6 Å². The largest absolute Gasteiger partial charge is 0.469 e. The number of carbonyl (C=O) groups is 1. The van der Waals surface area contributed by atoms with Gasteiger partial charge in [0.05, 0.1) is 18.6 Å². The lowest BCUT2D eigenvalue weighted by Crippen LogP contribution is -2.66. The zero-order valence-corrected chi connectivity index (χ0v) is 23.2. The average molecular weight is 471 g/mol. The zero-order valence-electron chi connectivity index (χ0n) is 23.2. The van der Waals surface area contributed by atoms with Crippen LogP contribution in [0.2, 0.25) is 0 Å². The number of fused-ring (bicyclic) bond motifs is 7. The van der Waals surface area contributed by atoms with Crippen LogP contribution in [0.15, 0.2) is 11.6 Å². The second kappa shape index (κ2) is 7.59. The van der Waals surface area contributed by atoms with Crippen molar-refractivity contribution < 1.29 is 14.6 Å².